The van der Waals surface area contributed by atoms with Gasteiger partial charge in [-0.1, -0.05) is 0 Å². The normalized spacial score (nSPS) is 14.9. The van der Waals surface area contributed by atoms with Crippen LogP contribution < -0.4 is 10.9 Å². The Morgan fingerprint density at radius 2 is 2.13 bits per heavy atom. The number of rotatable bonds is 4. The van der Waals surface area contributed by atoms with E-state index in [9.17, 15) is 15.0 Å². The molecule has 5 heteroatoms. The van der Waals surface area contributed by atoms with Crippen molar-refractivity contribution in [3.05, 3.63) is 33.7 Å². The number of H-pyrrole nitrogens is 1. The summed E-state index contributed by atoms with van der Waals surface area (Å²) >= 11 is 0. The maximum Gasteiger partial charge on any atom is 0.248 e. The molecule has 15 heavy (non-hydrogen) atoms. The van der Waals surface area contributed by atoms with Gasteiger partial charge in [-0.25, -0.2) is 0 Å². The first-order valence-electron chi connectivity index (χ1n) is 4.77. The number of aromatic amines is 1. The monoisotopic (exact) mass is 212 g/mol. The Morgan fingerprint density at radius 1 is 1.47 bits per heavy atom. The number of likely N-dealkylation sites (N-methyl/N-ethyl adjacent to an activating group) is 1. The number of hydrogen-bond acceptors (Lipinski definition) is 4. The third kappa shape index (κ3) is 2.89. The second kappa shape index (κ2) is 5.06. The van der Waals surface area contributed by atoms with Crippen molar-refractivity contribution >= 4 is 0 Å². The second-order valence-corrected chi connectivity index (χ2v) is 3.47. The Kier molecular flexibility index (Phi) is 4.02. The number of aliphatic hydroxyl groups is 2. The molecule has 1 heterocycles. The maximum absolute atomic E-state index is 10.9. The lowest BCUT2D eigenvalue weighted by atomic mass is 10.0. The van der Waals surface area contributed by atoms with E-state index < -0.39 is 12.2 Å². The van der Waals surface area contributed by atoms with Crippen LogP contribution in [-0.4, -0.2) is 34.9 Å². The molecule has 1 aromatic heterocycles. The lowest BCUT2D eigenvalue weighted by molar-refractivity contribution is 0.0196. The van der Waals surface area contributed by atoms with Crippen molar-refractivity contribution < 1.29 is 10.2 Å². The largest absolute Gasteiger partial charge is 0.389 e. The fourth-order valence-corrected chi connectivity index (χ4v) is 1.44. The molecule has 2 unspecified atom stereocenters. The van der Waals surface area contributed by atoms with Crippen LogP contribution >= 0.6 is 0 Å². The zero-order valence-electron chi connectivity index (χ0n) is 8.82. The molecule has 0 amide bonds. The van der Waals surface area contributed by atoms with Crippen LogP contribution in [0.15, 0.2) is 16.9 Å². The zero-order chi connectivity index (χ0) is 11.4. The molecule has 0 spiro atoms. The minimum Gasteiger partial charge on any atom is -0.389 e. The van der Waals surface area contributed by atoms with Gasteiger partial charge in [0, 0.05) is 23.9 Å². The molecule has 0 fully saturated rings. The predicted molar refractivity (Wildman–Crippen MR) is 56.7 cm³/mol. The van der Waals surface area contributed by atoms with Crippen LogP contribution in [0, 0.1) is 6.92 Å². The highest BCUT2D eigenvalue weighted by molar-refractivity contribution is 5.22. The molecular formula is C10H16N2O3. The van der Waals surface area contributed by atoms with Crippen LogP contribution in [0.2, 0.25) is 0 Å². The van der Waals surface area contributed by atoms with Gasteiger partial charge >= 0.3 is 0 Å². The Bertz CT molecular complexity index is 375. The first-order chi connectivity index (χ1) is 7.06. The van der Waals surface area contributed by atoms with Gasteiger partial charge in [0.15, 0.2) is 0 Å². The topological polar surface area (TPSA) is 85.3 Å². The number of aliphatic hydroxyl groups excluding tert-OH is 2. The van der Waals surface area contributed by atoms with Crippen LogP contribution in [0.25, 0.3) is 0 Å². The van der Waals surface area contributed by atoms with Crippen LogP contribution in [0.1, 0.15) is 17.4 Å². The van der Waals surface area contributed by atoms with E-state index in [-0.39, 0.29) is 5.56 Å². The molecule has 4 N–H and O–H groups in total. The van der Waals surface area contributed by atoms with E-state index in [1.54, 1.807) is 14.0 Å². The molecule has 5 nitrogen and oxygen atoms in total. The van der Waals surface area contributed by atoms with E-state index >= 15 is 0 Å². The molecule has 1 aromatic rings. The predicted octanol–water partition coefficient (Wildman–Crippen LogP) is -0.703. The molecular weight excluding hydrogens is 196 g/mol. The lowest BCUT2D eigenvalue weighted by Crippen LogP contribution is -2.30. The van der Waals surface area contributed by atoms with Gasteiger partial charge < -0.3 is 20.5 Å². The molecule has 84 valence electrons. The van der Waals surface area contributed by atoms with Crippen molar-refractivity contribution in [3.63, 3.8) is 0 Å². The summed E-state index contributed by atoms with van der Waals surface area (Å²) in [7, 11) is 1.69. The molecule has 0 aliphatic rings. The molecule has 2 atom stereocenters. The number of aryl methyl sites for hydroxylation is 1. The van der Waals surface area contributed by atoms with E-state index in [0.717, 1.165) is 0 Å². The Balaban J connectivity index is 2.90. The summed E-state index contributed by atoms with van der Waals surface area (Å²) in [5.74, 6) is 0. The van der Waals surface area contributed by atoms with E-state index in [1.165, 1.54) is 12.1 Å². The SMILES string of the molecule is CNCC(O)C(O)c1ccc(=O)[nH]c1C. The quantitative estimate of drug-likeness (QED) is 0.531. The standard InChI is InChI=1S/C10H16N2O3/c1-6-7(3-4-9(14)12-6)10(15)8(13)5-11-2/h3-4,8,10-11,13,15H,5H2,1-2H3,(H,12,14). The number of hydrogen-bond donors (Lipinski definition) is 4. The fourth-order valence-electron chi connectivity index (χ4n) is 1.44. The molecule has 0 saturated carbocycles. The van der Waals surface area contributed by atoms with Gasteiger partial charge in [-0.15, -0.1) is 0 Å². The van der Waals surface area contributed by atoms with Crippen molar-refractivity contribution in [1.82, 2.24) is 10.3 Å². The molecule has 0 radical (unpaired) electrons. The molecule has 0 aliphatic carbocycles. The van der Waals surface area contributed by atoms with E-state index in [4.69, 9.17) is 0 Å². The van der Waals surface area contributed by atoms with Crippen LogP contribution in [-0.2, 0) is 0 Å². The first kappa shape index (κ1) is 11.9. The van der Waals surface area contributed by atoms with Crippen molar-refractivity contribution in [2.24, 2.45) is 0 Å². The highest BCUT2D eigenvalue weighted by Crippen LogP contribution is 2.17. The Morgan fingerprint density at radius 3 is 2.67 bits per heavy atom. The van der Waals surface area contributed by atoms with Gasteiger partial charge in [0.25, 0.3) is 0 Å². The highest BCUT2D eigenvalue weighted by Gasteiger charge is 2.19. The Labute approximate surface area is 87.8 Å². The fraction of sp³-hybridized carbons (Fsp3) is 0.500. The first-order valence-corrected chi connectivity index (χ1v) is 4.77. The van der Waals surface area contributed by atoms with Crippen molar-refractivity contribution in [3.8, 4) is 0 Å². The minimum atomic E-state index is -0.991. The van der Waals surface area contributed by atoms with Gasteiger partial charge in [-0.05, 0) is 20.0 Å². The van der Waals surface area contributed by atoms with E-state index in [1.807, 2.05) is 0 Å². The van der Waals surface area contributed by atoms with Gasteiger partial charge in [0.1, 0.15) is 6.10 Å². The Hall–Kier alpha value is -1.17. The molecule has 0 bridgehead atoms. The highest BCUT2D eigenvalue weighted by atomic mass is 16.3. The maximum atomic E-state index is 10.9. The molecule has 0 aromatic carbocycles. The van der Waals surface area contributed by atoms with Crippen molar-refractivity contribution in [1.29, 1.82) is 0 Å². The van der Waals surface area contributed by atoms with Crippen LogP contribution in [0.5, 0.6) is 0 Å². The molecule has 0 saturated heterocycles. The van der Waals surface area contributed by atoms with Crippen molar-refractivity contribution in [2.75, 3.05) is 13.6 Å². The van der Waals surface area contributed by atoms with Gasteiger partial charge in [-0.3, -0.25) is 4.79 Å². The average molecular weight is 212 g/mol. The van der Waals surface area contributed by atoms with E-state index in [0.29, 0.717) is 17.8 Å². The minimum absolute atomic E-state index is 0.216. The third-order valence-electron chi connectivity index (χ3n) is 2.25. The number of pyridine rings is 1. The smallest absolute Gasteiger partial charge is 0.248 e. The zero-order valence-corrected chi connectivity index (χ0v) is 8.82. The van der Waals surface area contributed by atoms with Gasteiger partial charge in [0.05, 0.1) is 6.10 Å². The lowest BCUT2D eigenvalue weighted by Gasteiger charge is -2.19. The molecule has 1 rings (SSSR count). The number of nitrogens with one attached hydrogen (secondary N) is 2. The second-order valence-electron chi connectivity index (χ2n) is 3.47. The third-order valence-corrected chi connectivity index (χ3v) is 2.25. The van der Waals surface area contributed by atoms with Crippen LogP contribution in [0.4, 0.5) is 0 Å². The summed E-state index contributed by atoms with van der Waals surface area (Å²) in [5, 5.41) is 22.1. The molecule has 0 aliphatic heterocycles. The van der Waals surface area contributed by atoms with Crippen molar-refractivity contribution in [2.45, 2.75) is 19.1 Å². The summed E-state index contributed by atoms with van der Waals surface area (Å²) in [4.78, 5) is 13.5. The van der Waals surface area contributed by atoms with Gasteiger partial charge in [-0.2, -0.15) is 0 Å². The van der Waals surface area contributed by atoms with Gasteiger partial charge in [0.2, 0.25) is 5.56 Å². The van der Waals surface area contributed by atoms with E-state index in [2.05, 4.69) is 10.3 Å². The summed E-state index contributed by atoms with van der Waals surface area (Å²) in [6, 6.07) is 2.86. The summed E-state index contributed by atoms with van der Waals surface area (Å²) < 4.78 is 0. The number of aromatic nitrogens is 1. The van der Waals surface area contributed by atoms with Crippen LogP contribution in [0.3, 0.4) is 0 Å². The summed E-state index contributed by atoms with van der Waals surface area (Å²) in [5.41, 5.74) is 0.897. The summed E-state index contributed by atoms with van der Waals surface area (Å²) in [6.45, 7) is 1.98. The summed E-state index contributed by atoms with van der Waals surface area (Å²) in [6.07, 6.45) is -1.88. The average Bonchev–Trinajstić information content (AvgIpc) is 2.17.